The number of nitrogens with zero attached hydrogens (tertiary/aromatic N) is 14. The van der Waals surface area contributed by atoms with Crippen LogP contribution in [0.25, 0.3) is 145 Å². The summed E-state index contributed by atoms with van der Waals surface area (Å²) >= 11 is 0. The lowest BCUT2D eigenvalue weighted by Gasteiger charge is -2.20. The summed E-state index contributed by atoms with van der Waals surface area (Å²) < 4.78 is 4.30. The monoisotopic (exact) mass is 1240 g/mol. The van der Waals surface area contributed by atoms with E-state index < -0.39 is 0 Å². The summed E-state index contributed by atoms with van der Waals surface area (Å²) in [7, 11) is 0. The molecule has 14 heteroatoms. The molecule has 98 heavy (non-hydrogen) atoms. The Bertz CT molecular complexity index is 5920. The lowest BCUT2D eigenvalue weighted by Crippen LogP contribution is -2.04. The molecule has 3 aromatic heterocycles. The van der Waals surface area contributed by atoms with E-state index in [1.807, 2.05) is 158 Å². The van der Waals surface area contributed by atoms with Crippen molar-refractivity contribution in [3.8, 4) is 156 Å². The van der Waals surface area contributed by atoms with E-state index in [0.29, 0.717) is 118 Å². The summed E-state index contributed by atoms with van der Waals surface area (Å²) in [6.07, 6.45) is 0. The van der Waals surface area contributed by atoms with E-state index in [2.05, 4.69) is 69.8 Å². The van der Waals surface area contributed by atoms with E-state index in [4.69, 9.17) is 15.0 Å². The van der Waals surface area contributed by atoms with Crippen molar-refractivity contribution in [3.63, 3.8) is 0 Å². The van der Waals surface area contributed by atoms with E-state index in [0.717, 1.165) is 77.0 Å². The van der Waals surface area contributed by atoms with Crippen molar-refractivity contribution in [2.24, 2.45) is 0 Å². The number of rotatable bonds is 10. The summed E-state index contributed by atoms with van der Waals surface area (Å²) in [5, 5.41) is 95.2. The first-order chi connectivity index (χ1) is 48.0. The molecule has 0 spiro atoms. The standard InChI is InChI=1S/C84H40N14/c85-41-50-11-17-70(80(35-50)97-76-19-13-61(66-27-51(42-86)23-52(28-66)43-87)36-72(76)73-37-62(14-20-77(73)97)67-29-53(44-88)24-54(30-67)45-89)71-18-12-65(84-95-82(59-7-3-1-4-8-59)94-83(96-84)60-9-5-2-6-10-60)40-81(71)98-78-21-15-63(68-31-55(46-90)25-56(32-68)47-91)38-74(78)75-39-64(16-22-79(75)98)69-33-57(48-92)26-58(34-69)49-93/h1-40H. The first kappa shape index (κ1) is 59.0. The highest BCUT2D eigenvalue weighted by molar-refractivity contribution is 6.14. The second kappa shape index (κ2) is 24.4. The van der Waals surface area contributed by atoms with E-state index >= 15 is 0 Å². The second-order valence-electron chi connectivity index (χ2n) is 23.3. The van der Waals surface area contributed by atoms with Gasteiger partial charge in [0.05, 0.1) is 138 Å². The molecular weight excluding hydrogens is 1210 g/mol. The molecule has 446 valence electrons. The number of aromatic nitrogens is 5. The minimum absolute atomic E-state index is 0.321. The molecule has 0 aliphatic heterocycles. The molecule has 0 saturated heterocycles. The first-order valence-corrected chi connectivity index (χ1v) is 30.6. The van der Waals surface area contributed by atoms with Crippen molar-refractivity contribution in [3.05, 3.63) is 293 Å². The van der Waals surface area contributed by atoms with Gasteiger partial charge < -0.3 is 9.13 Å². The van der Waals surface area contributed by atoms with Gasteiger partial charge >= 0.3 is 0 Å². The lowest BCUT2D eigenvalue weighted by atomic mass is 9.97. The number of benzene rings is 12. The molecule has 14 nitrogen and oxygen atoms in total. The Kier molecular flexibility index (Phi) is 14.7. The fourth-order valence-corrected chi connectivity index (χ4v) is 13.0. The van der Waals surface area contributed by atoms with Crippen LogP contribution in [0.4, 0.5) is 0 Å². The van der Waals surface area contributed by atoms with Gasteiger partial charge in [-0.3, -0.25) is 0 Å². The molecule has 0 amide bonds. The summed E-state index contributed by atoms with van der Waals surface area (Å²) in [5.74, 6) is 1.29. The molecule has 0 fully saturated rings. The SMILES string of the molecule is N#Cc1cc(C#N)cc(-c2ccc3c(c2)c2cc(-c4cc(C#N)cc(C#N)c4)ccc2n3-c2cc(C#N)ccc2-c2ccc(-c3nc(-c4ccccc4)nc(-c4ccccc4)n3)cc2-n2c3ccc(-c4cc(C#N)cc(C#N)c4)cc3c3cc(-c4cc(C#N)cc(C#N)c4)ccc32)c1. The number of nitriles is 9. The van der Waals surface area contributed by atoms with E-state index in [1.165, 1.54) is 0 Å². The topological polar surface area (TPSA) is 263 Å². The summed E-state index contributed by atoms with van der Waals surface area (Å²) in [6.45, 7) is 0. The summed E-state index contributed by atoms with van der Waals surface area (Å²) in [4.78, 5) is 15.5. The summed E-state index contributed by atoms with van der Waals surface area (Å²) in [6, 6.07) is 95.3. The Morgan fingerprint density at radius 1 is 0.204 bits per heavy atom. The Balaban J connectivity index is 1.05. The zero-order valence-electron chi connectivity index (χ0n) is 51.4. The van der Waals surface area contributed by atoms with Crippen LogP contribution in [-0.4, -0.2) is 24.1 Å². The largest absolute Gasteiger partial charge is 0.309 e. The first-order valence-electron chi connectivity index (χ1n) is 30.6. The van der Waals surface area contributed by atoms with Crippen LogP contribution in [0.2, 0.25) is 0 Å². The van der Waals surface area contributed by atoms with Gasteiger partial charge in [-0.05, 0) is 184 Å². The zero-order valence-corrected chi connectivity index (χ0v) is 51.4. The molecule has 0 N–H and O–H groups in total. The van der Waals surface area contributed by atoms with E-state index in [1.54, 1.807) is 78.9 Å². The van der Waals surface area contributed by atoms with E-state index in [9.17, 15) is 47.4 Å². The molecule has 0 atom stereocenters. The number of hydrogen-bond donors (Lipinski definition) is 0. The van der Waals surface area contributed by atoms with Crippen molar-refractivity contribution >= 4 is 43.6 Å². The van der Waals surface area contributed by atoms with Gasteiger partial charge in [0.1, 0.15) is 0 Å². The lowest BCUT2D eigenvalue weighted by molar-refractivity contribution is 1.07. The molecule has 0 saturated carbocycles. The van der Waals surface area contributed by atoms with Crippen molar-refractivity contribution < 1.29 is 0 Å². The van der Waals surface area contributed by atoms with Crippen molar-refractivity contribution in [2.45, 2.75) is 0 Å². The fraction of sp³-hybridized carbons (Fsp3) is 0. The van der Waals surface area contributed by atoms with Crippen LogP contribution in [0.15, 0.2) is 243 Å². The van der Waals surface area contributed by atoms with Crippen molar-refractivity contribution in [1.29, 1.82) is 47.4 Å². The third-order valence-electron chi connectivity index (χ3n) is 17.5. The molecule has 15 rings (SSSR count). The van der Waals surface area contributed by atoms with Gasteiger partial charge in [-0.1, -0.05) is 103 Å². The molecule has 0 aliphatic rings. The highest BCUT2D eigenvalue weighted by atomic mass is 15.0. The van der Waals surface area contributed by atoms with Gasteiger partial charge in [0.2, 0.25) is 0 Å². The summed E-state index contributed by atoms with van der Waals surface area (Å²) in [5.41, 5.74) is 16.3. The van der Waals surface area contributed by atoms with Crippen LogP contribution in [0.5, 0.6) is 0 Å². The van der Waals surface area contributed by atoms with Gasteiger partial charge in [0.25, 0.3) is 0 Å². The van der Waals surface area contributed by atoms with Gasteiger partial charge in [-0.15, -0.1) is 0 Å². The van der Waals surface area contributed by atoms with Crippen molar-refractivity contribution in [1.82, 2.24) is 24.1 Å². The predicted octanol–water partition coefficient (Wildman–Crippen LogP) is 18.2. The number of fused-ring (bicyclic) bond motifs is 6. The molecule has 12 aromatic carbocycles. The Morgan fingerprint density at radius 3 is 0.765 bits per heavy atom. The minimum atomic E-state index is 0.321. The second-order valence-corrected chi connectivity index (χ2v) is 23.3. The number of hydrogen-bond acceptors (Lipinski definition) is 12. The zero-order chi connectivity index (χ0) is 67.1. The molecule has 0 unspecified atom stereocenters. The van der Waals surface area contributed by atoms with E-state index in [-0.39, 0.29) is 0 Å². The van der Waals surface area contributed by atoms with Gasteiger partial charge in [-0.2, -0.15) is 47.4 Å². The fourth-order valence-electron chi connectivity index (χ4n) is 13.0. The van der Waals surface area contributed by atoms with Crippen molar-refractivity contribution in [2.75, 3.05) is 0 Å². The minimum Gasteiger partial charge on any atom is -0.309 e. The van der Waals surface area contributed by atoms with Crippen LogP contribution in [0, 0.1) is 102 Å². The maximum Gasteiger partial charge on any atom is 0.164 e. The molecule has 15 aromatic rings. The van der Waals surface area contributed by atoms with Gasteiger partial charge in [-0.25, -0.2) is 15.0 Å². The average molecular weight is 1250 g/mol. The molecule has 0 aliphatic carbocycles. The molecule has 3 heterocycles. The highest BCUT2D eigenvalue weighted by Crippen LogP contribution is 2.46. The normalized spacial score (nSPS) is 10.8. The predicted molar refractivity (Wildman–Crippen MR) is 374 cm³/mol. The molecular formula is C84H40N14. The van der Waals surface area contributed by atoms with Crippen LogP contribution in [0.3, 0.4) is 0 Å². The quantitative estimate of drug-likeness (QED) is 0.124. The van der Waals surface area contributed by atoms with Gasteiger partial charge in [0.15, 0.2) is 17.5 Å². The Morgan fingerprint density at radius 2 is 0.469 bits per heavy atom. The maximum atomic E-state index is 10.9. The van der Waals surface area contributed by atoms with Gasteiger partial charge in [0, 0.05) is 49.4 Å². The Hall–Kier alpha value is -15.3. The molecule has 0 bridgehead atoms. The molecule has 0 radical (unpaired) electrons. The van der Waals surface area contributed by atoms with Crippen LogP contribution in [0.1, 0.15) is 50.1 Å². The van der Waals surface area contributed by atoms with Crippen LogP contribution in [-0.2, 0) is 0 Å². The average Bonchev–Trinajstić information content (AvgIpc) is 1.55. The Labute approximate surface area is 560 Å². The van der Waals surface area contributed by atoms with Crippen LogP contribution < -0.4 is 0 Å². The third kappa shape index (κ3) is 10.5. The highest BCUT2D eigenvalue weighted by Gasteiger charge is 2.25. The maximum absolute atomic E-state index is 10.9. The van der Waals surface area contributed by atoms with Crippen LogP contribution >= 0.6 is 0 Å². The smallest absolute Gasteiger partial charge is 0.164 e. The third-order valence-corrected chi connectivity index (χ3v) is 17.5.